The minimum atomic E-state index is -0.716. The summed E-state index contributed by atoms with van der Waals surface area (Å²) in [6.07, 6.45) is 12.5. The number of rotatable bonds is 21. The Morgan fingerprint density at radius 1 is 0.571 bits per heavy atom. The zero-order chi connectivity index (χ0) is 25.4. The van der Waals surface area contributed by atoms with E-state index in [0.717, 1.165) is 37.7 Å². The predicted octanol–water partition coefficient (Wildman–Crippen LogP) is 6.91. The first kappa shape index (κ1) is 30.5. The molecule has 0 unspecified atom stereocenters. The molecule has 0 saturated carbocycles. The number of carbonyl (C=O) groups excluding carboxylic acids is 3. The first-order valence-electron chi connectivity index (χ1n) is 13.3. The molecular formula is C28H44O7. The minimum absolute atomic E-state index is 0.00685. The van der Waals surface area contributed by atoms with Crippen molar-refractivity contribution < 1.29 is 33.3 Å². The van der Waals surface area contributed by atoms with E-state index in [1.165, 1.54) is 38.5 Å². The van der Waals surface area contributed by atoms with Gasteiger partial charge in [-0.3, -0.25) is 9.59 Å². The Balaban J connectivity index is 1.85. The van der Waals surface area contributed by atoms with Gasteiger partial charge in [-0.2, -0.15) is 0 Å². The van der Waals surface area contributed by atoms with Gasteiger partial charge >= 0.3 is 18.1 Å². The standard InChI is InChI=1S/C28H44O7/c1-2-3-4-5-6-7-10-16-21-33-28(31)34-23-22-32-26(29)19-14-8-9-15-20-27(30)35-24-25-17-12-11-13-18-25/h11-13,17-18H,2-10,14-16,19-24H2,1H3. The Labute approximate surface area is 210 Å². The van der Waals surface area contributed by atoms with E-state index in [1.54, 1.807) is 0 Å². The van der Waals surface area contributed by atoms with Crippen LogP contribution in [0.3, 0.4) is 0 Å². The SMILES string of the molecule is CCCCCCCCCCOC(=O)OCCOC(=O)CCCCCCC(=O)OCc1ccccc1. The van der Waals surface area contributed by atoms with Gasteiger partial charge in [0.2, 0.25) is 0 Å². The van der Waals surface area contributed by atoms with E-state index in [0.29, 0.717) is 32.5 Å². The Bertz CT molecular complexity index is 675. The summed E-state index contributed by atoms with van der Waals surface area (Å²) in [4.78, 5) is 35.0. The van der Waals surface area contributed by atoms with Gasteiger partial charge in [-0.25, -0.2) is 4.79 Å². The highest BCUT2D eigenvalue weighted by molar-refractivity contribution is 5.69. The third kappa shape index (κ3) is 19.4. The number of carbonyl (C=O) groups is 3. The number of hydrogen-bond donors (Lipinski definition) is 0. The molecule has 0 aromatic heterocycles. The van der Waals surface area contributed by atoms with Crippen molar-refractivity contribution in [2.24, 2.45) is 0 Å². The predicted molar refractivity (Wildman–Crippen MR) is 135 cm³/mol. The van der Waals surface area contributed by atoms with Crippen molar-refractivity contribution in [2.45, 2.75) is 103 Å². The van der Waals surface area contributed by atoms with Crippen molar-refractivity contribution in [1.29, 1.82) is 0 Å². The number of esters is 2. The molecule has 0 amide bonds. The molecule has 198 valence electrons. The first-order valence-corrected chi connectivity index (χ1v) is 13.3. The maximum Gasteiger partial charge on any atom is 0.508 e. The summed E-state index contributed by atoms with van der Waals surface area (Å²) in [6.45, 7) is 2.89. The summed E-state index contributed by atoms with van der Waals surface area (Å²) < 4.78 is 20.2. The molecule has 0 aliphatic heterocycles. The molecule has 0 atom stereocenters. The Morgan fingerprint density at radius 2 is 1.09 bits per heavy atom. The molecule has 0 spiro atoms. The molecule has 0 aliphatic carbocycles. The van der Waals surface area contributed by atoms with Crippen molar-refractivity contribution in [2.75, 3.05) is 19.8 Å². The van der Waals surface area contributed by atoms with Crippen LogP contribution in [0.2, 0.25) is 0 Å². The summed E-state index contributed by atoms with van der Waals surface area (Å²) in [7, 11) is 0. The molecule has 7 nitrogen and oxygen atoms in total. The molecule has 7 heteroatoms. The summed E-state index contributed by atoms with van der Waals surface area (Å²) in [6, 6.07) is 9.58. The van der Waals surface area contributed by atoms with E-state index >= 15 is 0 Å². The lowest BCUT2D eigenvalue weighted by molar-refractivity contribution is -0.146. The molecule has 0 radical (unpaired) electrons. The molecule has 0 fully saturated rings. The average Bonchev–Trinajstić information content (AvgIpc) is 2.87. The fourth-order valence-electron chi connectivity index (χ4n) is 3.49. The highest BCUT2D eigenvalue weighted by Gasteiger charge is 2.07. The van der Waals surface area contributed by atoms with E-state index in [-0.39, 0.29) is 25.2 Å². The van der Waals surface area contributed by atoms with Crippen LogP contribution in [0, 0.1) is 0 Å². The number of benzene rings is 1. The first-order chi connectivity index (χ1) is 17.1. The third-order valence-corrected chi connectivity index (χ3v) is 5.54. The van der Waals surface area contributed by atoms with Crippen LogP contribution in [0.15, 0.2) is 30.3 Å². The van der Waals surface area contributed by atoms with Gasteiger partial charge in [0.05, 0.1) is 6.61 Å². The molecule has 0 aliphatic rings. The van der Waals surface area contributed by atoms with Gasteiger partial charge in [-0.15, -0.1) is 0 Å². The van der Waals surface area contributed by atoms with Gasteiger partial charge in [-0.1, -0.05) is 95.0 Å². The van der Waals surface area contributed by atoms with E-state index < -0.39 is 6.16 Å². The Hall–Kier alpha value is -2.57. The third-order valence-electron chi connectivity index (χ3n) is 5.54. The Kier molecular flexibility index (Phi) is 19.1. The topological polar surface area (TPSA) is 88.1 Å². The number of unbranched alkanes of at least 4 members (excludes halogenated alkanes) is 10. The lowest BCUT2D eigenvalue weighted by Crippen LogP contribution is -2.15. The molecular weight excluding hydrogens is 448 g/mol. The van der Waals surface area contributed by atoms with Crippen LogP contribution >= 0.6 is 0 Å². The van der Waals surface area contributed by atoms with Gasteiger partial charge in [-0.05, 0) is 24.8 Å². The van der Waals surface area contributed by atoms with Crippen LogP contribution in [0.1, 0.15) is 102 Å². The number of ether oxygens (including phenoxy) is 4. The van der Waals surface area contributed by atoms with Gasteiger partial charge in [0.25, 0.3) is 0 Å². The highest BCUT2D eigenvalue weighted by Crippen LogP contribution is 2.09. The average molecular weight is 493 g/mol. The Morgan fingerprint density at radius 3 is 1.74 bits per heavy atom. The van der Waals surface area contributed by atoms with E-state index in [2.05, 4.69) is 6.92 Å². The molecule has 35 heavy (non-hydrogen) atoms. The molecule has 1 aromatic rings. The smallest absolute Gasteiger partial charge is 0.462 e. The van der Waals surface area contributed by atoms with Crippen molar-refractivity contribution in [1.82, 2.24) is 0 Å². The molecule has 1 aromatic carbocycles. The van der Waals surface area contributed by atoms with Crippen LogP contribution in [0.4, 0.5) is 4.79 Å². The van der Waals surface area contributed by atoms with Crippen LogP contribution in [0.25, 0.3) is 0 Å². The summed E-state index contributed by atoms with van der Waals surface area (Å²) >= 11 is 0. The molecule has 0 N–H and O–H groups in total. The summed E-state index contributed by atoms with van der Waals surface area (Å²) in [5.41, 5.74) is 0.973. The van der Waals surface area contributed by atoms with Crippen molar-refractivity contribution >= 4 is 18.1 Å². The second kappa shape index (κ2) is 21.9. The van der Waals surface area contributed by atoms with Crippen LogP contribution in [0.5, 0.6) is 0 Å². The zero-order valence-corrected chi connectivity index (χ0v) is 21.5. The van der Waals surface area contributed by atoms with Crippen molar-refractivity contribution in [3.8, 4) is 0 Å². The van der Waals surface area contributed by atoms with E-state index in [9.17, 15) is 14.4 Å². The minimum Gasteiger partial charge on any atom is -0.462 e. The van der Waals surface area contributed by atoms with E-state index in [4.69, 9.17) is 18.9 Å². The molecule has 1 rings (SSSR count). The van der Waals surface area contributed by atoms with Crippen molar-refractivity contribution in [3.05, 3.63) is 35.9 Å². The lowest BCUT2D eigenvalue weighted by atomic mass is 10.1. The van der Waals surface area contributed by atoms with Crippen LogP contribution in [-0.4, -0.2) is 37.9 Å². The van der Waals surface area contributed by atoms with Gasteiger partial charge in [0.1, 0.15) is 19.8 Å². The molecule has 0 heterocycles. The normalized spacial score (nSPS) is 10.5. The number of hydrogen-bond acceptors (Lipinski definition) is 7. The zero-order valence-electron chi connectivity index (χ0n) is 21.5. The molecule has 0 bridgehead atoms. The fraction of sp³-hybridized carbons (Fsp3) is 0.679. The second-order valence-electron chi connectivity index (χ2n) is 8.70. The fourth-order valence-corrected chi connectivity index (χ4v) is 3.49. The summed E-state index contributed by atoms with van der Waals surface area (Å²) in [5.74, 6) is -0.521. The summed E-state index contributed by atoms with van der Waals surface area (Å²) in [5, 5.41) is 0. The highest BCUT2D eigenvalue weighted by atomic mass is 16.7. The monoisotopic (exact) mass is 492 g/mol. The van der Waals surface area contributed by atoms with Gasteiger partial charge in [0.15, 0.2) is 0 Å². The van der Waals surface area contributed by atoms with Crippen LogP contribution in [-0.2, 0) is 35.1 Å². The van der Waals surface area contributed by atoms with E-state index in [1.807, 2.05) is 30.3 Å². The van der Waals surface area contributed by atoms with Crippen LogP contribution < -0.4 is 0 Å². The van der Waals surface area contributed by atoms with Gasteiger partial charge < -0.3 is 18.9 Å². The van der Waals surface area contributed by atoms with Gasteiger partial charge in [0, 0.05) is 12.8 Å². The van der Waals surface area contributed by atoms with Crippen molar-refractivity contribution in [3.63, 3.8) is 0 Å². The maximum atomic E-state index is 11.8. The molecule has 0 saturated heterocycles. The maximum absolute atomic E-state index is 11.8. The lowest BCUT2D eigenvalue weighted by Gasteiger charge is -2.07. The largest absolute Gasteiger partial charge is 0.508 e. The quantitative estimate of drug-likeness (QED) is 0.105. The second-order valence-corrected chi connectivity index (χ2v) is 8.70.